The summed E-state index contributed by atoms with van der Waals surface area (Å²) in [6.07, 6.45) is 3.53. The van der Waals surface area contributed by atoms with Crippen molar-refractivity contribution < 1.29 is 0 Å². The van der Waals surface area contributed by atoms with Crippen molar-refractivity contribution in [2.75, 3.05) is 7.05 Å². The number of aromatic nitrogens is 2. The van der Waals surface area contributed by atoms with Crippen molar-refractivity contribution in [1.82, 2.24) is 15.3 Å². The van der Waals surface area contributed by atoms with Crippen molar-refractivity contribution in [3.8, 4) is 0 Å². The number of nitrogens with one attached hydrogen (secondary N) is 1. The van der Waals surface area contributed by atoms with E-state index in [0.717, 1.165) is 17.2 Å². The van der Waals surface area contributed by atoms with Crippen molar-refractivity contribution in [2.45, 2.75) is 20.4 Å². The minimum absolute atomic E-state index is 0.677. The number of aliphatic imine (C=N–C) groups is 1. The molecule has 0 fully saturated rings. The Kier molecular flexibility index (Phi) is 3.37. The Morgan fingerprint density at radius 3 is 2.77 bits per heavy atom. The van der Waals surface area contributed by atoms with E-state index in [2.05, 4.69) is 20.3 Å². The monoisotopic (exact) mass is 178 g/mol. The van der Waals surface area contributed by atoms with Crippen molar-refractivity contribution in [3.05, 3.63) is 23.8 Å². The number of amidine groups is 1. The SMILES string of the molecule is CN=C(C)NCc1cnc(C)cn1. The molecule has 0 aliphatic heterocycles. The second-order valence-corrected chi connectivity index (χ2v) is 2.81. The second-order valence-electron chi connectivity index (χ2n) is 2.81. The number of hydrogen-bond acceptors (Lipinski definition) is 3. The average Bonchev–Trinajstić information content (AvgIpc) is 2.16. The summed E-state index contributed by atoms with van der Waals surface area (Å²) in [5, 5.41) is 3.12. The van der Waals surface area contributed by atoms with Gasteiger partial charge in [0.25, 0.3) is 0 Å². The molecule has 0 saturated heterocycles. The van der Waals surface area contributed by atoms with Crippen LogP contribution in [0.5, 0.6) is 0 Å². The Morgan fingerprint density at radius 2 is 2.23 bits per heavy atom. The molecule has 0 aromatic carbocycles. The van der Waals surface area contributed by atoms with Gasteiger partial charge in [-0.25, -0.2) is 0 Å². The molecule has 0 aliphatic carbocycles. The summed E-state index contributed by atoms with van der Waals surface area (Å²) in [5.41, 5.74) is 1.86. The van der Waals surface area contributed by atoms with Gasteiger partial charge in [-0.05, 0) is 13.8 Å². The van der Waals surface area contributed by atoms with Gasteiger partial charge in [0.05, 0.1) is 30.0 Å². The van der Waals surface area contributed by atoms with Crippen LogP contribution < -0.4 is 5.32 Å². The first kappa shape index (κ1) is 9.64. The highest BCUT2D eigenvalue weighted by Crippen LogP contribution is 1.92. The predicted molar refractivity (Wildman–Crippen MR) is 52.6 cm³/mol. The molecule has 1 aromatic heterocycles. The van der Waals surface area contributed by atoms with Crippen LogP contribution in [-0.2, 0) is 6.54 Å². The van der Waals surface area contributed by atoms with Crippen LogP contribution in [0.25, 0.3) is 0 Å². The van der Waals surface area contributed by atoms with E-state index in [-0.39, 0.29) is 0 Å². The molecule has 1 rings (SSSR count). The first-order valence-electron chi connectivity index (χ1n) is 4.17. The van der Waals surface area contributed by atoms with E-state index in [4.69, 9.17) is 0 Å². The van der Waals surface area contributed by atoms with Gasteiger partial charge in [0.15, 0.2) is 0 Å². The fourth-order valence-electron chi connectivity index (χ4n) is 0.808. The van der Waals surface area contributed by atoms with Crippen LogP contribution >= 0.6 is 0 Å². The molecule has 4 nitrogen and oxygen atoms in total. The zero-order valence-electron chi connectivity index (χ0n) is 8.20. The molecule has 1 heterocycles. The molecule has 0 amide bonds. The highest BCUT2D eigenvalue weighted by molar-refractivity contribution is 5.79. The number of rotatable bonds is 2. The molecule has 0 unspecified atom stereocenters. The van der Waals surface area contributed by atoms with Crippen molar-refractivity contribution in [1.29, 1.82) is 0 Å². The van der Waals surface area contributed by atoms with Crippen LogP contribution in [0.1, 0.15) is 18.3 Å². The fraction of sp³-hybridized carbons (Fsp3) is 0.444. The Hall–Kier alpha value is -1.45. The highest BCUT2D eigenvalue weighted by atomic mass is 15.0. The molecular formula is C9H14N4. The third-order valence-corrected chi connectivity index (χ3v) is 1.70. The number of aryl methyl sites for hydroxylation is 1. The molecule has 0 saturated carbocycles. The lowest BCUT2D eigenvalue weighted by Crippen LogP contribution is -2.20. The van der Waals surface area contributed by atoms with Crippen LogP contribution in [0.3, 0.4) is 0 Å². The summed E-state index contributed by atoms with van der Waals surface area (Å²) in [7, 11) is 1.75. The maximum absolute atomic E-state index is 4.20. The predicted octanol–water partition coefficient (Wildman–Crippen LogP) is 0.923. The lowest BCUT2D eigenvalue weighted by Gasteiger charge is -2.03. The van der Waals surface area contributed by atoms with Crippen LogP contribution in [0.15, 0.2) is 17.4 Å². The summed E-state index contributed by atoms with van der Waals surface area (Å²) in [4.78, 5) is 12.3. The van der Waals surface area contributed by atoms with Gasteiger partial charge in [0.2, 0.25) is 0 Å². The van der Waals surface area contributed by atoms with E-state index in [1.807, 2.05) is 13.8 Å². The van der Waals surface area contributed by atoms with E-state index in [0.29, 0.717) is 6.54 Å². The molecule has 13 heavy (non-hydrogen) atoms. The van der Waals surface area contributed by atoms with Gasteiger partial charge in [-0.15, -0.1) is 0 Å². The van der Waals surface area contributed by atoms with Gasteiger partial charge >= 0.3 is 0 Å². The third-order valence-electron chi connectivity index (χ3n) is 1.70. The molecule has 0 aliphatic rings. The lowest BCUT2D eigenvalue weighted by molar-refractivity contribution is 0.850. The number of hydrogen-bond donors (Lipinski definition) is 1. The van der Waals surface area contributed by atoms with Crippen LogP contribution in [0, 0.1) is 6.92 Å². The van der Waals surface area contributed by atoms with Crippen LogP contribution in [0.2, 0.25) is 0 Å². The van der Waals surface area contributed by atoms with Crippen molar-refractivity contribution >= 4 is 5.84 Å². The van der Waals surface area contributed by atoms with Crippen molar-refractivity contribution in [3.63, 3.8) is 0 Å². The molecular weight excluding hydrogens is 164 g/mol. The Balaban J connectivity index is 2.51. The Morgan fingerprint density at radius 1 is 1.46 bits per heavy atom. The zero-order chi connectivity index (χ0) is 9.68. The van der Waals surface area contributed by atoms with Gasteiger partial charge in [-0.2, -0.15) is 0 Å². The molecule has 0 bridgehead atoms. The van der Waals surface area contributed by atoms with E-state index in [1.165, 1.54) is 0 Å². The first-order valence-corrected chi connectivity index (χ1v) is 4.17. The molecule has 0 atom stereocenters. The van der Waals surface area contributed by atoms with Gasteiger partial charge in [-0.3, -0.25) is 15.0 Å². The van der Waals surface area contributed by atoms with E-state index in [1.54, 1.807) is 19.4 Å². The summed E-state index contributed by atoms with van der Waals surface area (Å²) in [6.45, 7) is 4.51. The largest absolute Gasteiger partial charge is 0.368 e. The van der Waals surface area contributed by atoms with Gasteiger partial charge in [-0.1, -0.05) is 0 Å². The fourth-order valence-corrected chi connectivity index (χ4v) is 0.808. The lowest BCUT2D eigenvalue weighted by atomic mass is 10.4. The first-order chi connectivity index (χ1) is 6.22. The second kappa shape index (κ2) is 4.54. The maximum Gasteiger partial charge on any atom is 0.0931 e. The zero-order valence-corrected chi connectivity index (χ0v) is 8.20. The van der Waals surface area contributed by atoms with Crippen molar-refractivity contribution in [2.24, 2.45) is 4.99 Å². The summed E-state index contributed by atoms with van der Waals surface area (Å²) < 4.78 is 0. The number of nitrogens with zero attached hydrogens (tertiary/aromatic N) is 3. The maximum atomic E-state index is 4.20. The Bertz CT molecular complexity index is 289. The van der Waals surface area contributed by atoms with Gasteiger partial charge in [0, 0.05) is 13.2 Å². The molecule has 0 spiro atoms. The molecule has 1 aromatic rings. The standard InChI is InChI=1S/C9H14N4/c1-7-4-13-9(5-11-7)6-12-8(2)10-3/h4-5H,6H2,1-3H3,(H,10,12). The summed E-state index contributed by atoms with van der Waals surface area (Å²) in [6, 6.07) is 0. The third kappa shape index (κ3) is 3.19. The molecule has 4 heteroatoms. The smallest absolute Gasteiger partial charge is 0.0931 e. The van der Waals surface area contributed by atoms with E-state index < -0.39 is 0 Å². The molecule has 0 radical (unpaired) electrons. The van der Waals surface area contributed by atoms with Crippen LogP contribution in [-0.4, -0.2) is 22.9 Å². The van der Waals surface area contributed by atoms with Gasteiger partial charge < -0.3 is 5.32 Å². The quantitative estimate of drug-likeness (QED) is 0.541. The molecule has 1 N–H and O–H groups in total. The normalized spacial score (nSPS) is 11.5. The van der Waals surface area contributed by atoms with Crippen LogP contribution in [0.4, 0.5) is 0 Å². The summed E-state index contributed by atoms with van der Waals surface area (Å²) in [5.74, 6) is 0.905. The average molecular weight is 178 g/mol. The molecule has 70 valence electrons. The minimum Gasteiger partial charge on any atom is -0.368 e. The highest BCUT2D eigenvalue weighted by Gasteiger charge is 1.94. The van der Waals surface area contributed by atoms with Gasteiger partial charge in [0.1, 0.15) is 0 Å². The van der Waals surface area contributed by atoms with E-state index >= 15 is 0 Å². The Labute approximate surface area is 78.1 Å². The van der Waals surface area contributed by atoms with E-state index in [9.17, 15) is 0 Å². The minimum atomic E-state index is 0.677. The topological polar surface area (TPSA) is 50.2 Å². The summed E-state index contributed by atoms with van der Waals surface area (Å²) >= 11 is 0.